The van der Waals surface area contributed by atoms with E-state index in [0.717, 1.165) is 20.9 Å². The maximum Gasteiger partial charge on any atom is 0.175 e. The Morgan fingerprint density at radius 3 is 2.57 bits per heavy atom. The van der Waals surface area contributed by atoms with Gasteiger partial charge in [0, 0.05) is 5.33 Å². The molecule has 0 bridgehead atoms. The van der Waals surface area contributed by atoms with Gasteiger partial charge >= 0.3 is 0 Å². The molecule has 0 aliphatic heterocycles. The van der Waals surface area contributed by atoms with Crippen LogP contribution >= 0.6 is 31.9 Å². The van der Waals surface area contributed by atoms with Gasteiger partial charge in [0.2, 0.25) is 0 Å². The van der Waals surface area contributed by atoms with Crippen LogP contribution in [0.3, 0.4) is 0 Å². The predicted octanol–water partition coefficient (Wildman–Crippen LogP) is 5.46. The molecular weight excluding hydrogens is 403 g/mol. The normalized spacial score (nSPS) is 10.5. The Morgan fingerprint density at radius 2 is 1.90 bits per heavy atom. The molecule has 0 unspecified atom stereocenters. The summed E-state index contributed by atoms with van der Waals surface area (Å²) in [5.41, 5.74) is 1.86. The molecule has 2 rings (SSSR count). The van der Waals surface area contributed by atoms with Crippen LogP contribution in [-0.4, -0.2) is 6.61 Å². The van der Waals surface area contributed by atoms with Gasteiger partial charge in [-0.25, -0.2) is 4.39 Å². The second-order valence-corrected chi connectivity index (χ2v) is 5.81. The van der Waals surface area contributed by atoms with Crippen LogP contribution in [0.25, 0.3) is 0 Å². The molecule has 0 amide bonds. The quantitative estimate of drug-likeness (QED) is 0.581. The zero-order valence-electron chi connectivity index (χ0n) is 11.5. The SMILES string of the molecule is CCOc1cc(CBr)cc(Br)c1OCc1cccc(F)c1. The Labute approximate surface area is 140 Å². The summed E-state index contributed by atoms with van der Waals surface area (Å²) in [6, 6.07) is 10.3. The smallest absolute Gasteiger partial charge is 0.175 e. The third-order valence-corrected chi connectivity index (χ3v) is 4.03. The molecule has 112 valence electrons. The zero-order valence-corrected chi connectivity index (χ0v) is 14.7. The van der Waals surface area contributed by atoms with E-state index in [9.17, 15) is 4.39 Å². The molecule has 0 atom stereocenters. The maximum atomic E-state index is 13.2. The van der Waals surface area contributed by atoms with Gasteiger partial charge in [-0.2, -0.15) is 0 Å². The van der Waals surface area contributed by atoms with Gasteiger partial charge in [0.1, 0.15) is 12.4 Å². The highest BCUT2D eigenvalue weighted by atomic mass is 79.9. The highest BCUT2D eigenvalue weighted by molar-refractivity contribution is 9.10. The van der Waals surface area contributed by atoms with E-state index >= 15 is 0 Å². The number of ether oxygens (including phenoxy) is 2. The van der Waals surface area contributed by atoms with E-state index in [0.29, 0.717) is 18.1 Å². The van der Waals surface area contributed by atoms with Crippen LogP contribution in [0.2, 0.25) is 0 Å². The third-order valence-electron chi connectivity index (χ3n) is 2.80. The molecule has 0 fully saturated rings. The van der Waals surface area contributed by atoms with Crippen LogP contribution in [-0.2, 0) is 11.9 Å². The lowest BCUT2D eigenvalue weighted by Gasteiger charge is -2.15. The molecular formula is C16H15Br2FO2. The van der Waals surface area contributed by atoms with Gasteiger partial charge in [0.25, 0.3) is 0 Å². The van der Waals surface area contributed by atoms with Crippen molar-refractivity contribution in [2.75, 3.05) is 6.61 Å². The zero-order chi connectivity index (χ0) is 15.2. The fourth-order valence-electron chi connectivity index (χ4n) is 1.88. The number of alkyl halides is 1. The van der Waals surface area contributed by atoms with Crippen molar-refractivity contribution in [2.45, 2.75) is 18.9 Å². The summed E-state index contributed by atoms with van der Waals surface area (Å²) < 4.78 is 25.4. The summed E-state index contributed by atoms with van der Waals surface area (Å²) in [6.45, 7) is 2.75. The van der Waals surface area contributed by atoms with Gasteiger partial charge < -0.3 is 9.47 Å². The Morgan fingerprint density at radius 1 is 1.10 bits per heavy atom. The lowest BCUT2D eigenvalue weighted by atomic mass is 10.2. The Balaban J connectivity index is 2.22. The molecule has 2 nitrogen and oxygen atoms in total. The summed E-state index contributed by atoms with van der Waals surface area (Å²) in [5.74, 6) is 1.04. The van der Waals surface area contributed by atoms with Crippen molar-refractivity contribution in [3.8, 4) is 11.5 Å². The van der Waals surface area contributed by atoms with E-state index in [1.54, 1.807) is 6.07 Å². The summed E-state index contributed by atoms with van der Waals surface area (Å²) in [6.07, 6.45) is 0. The summed E-state index contributed by atoms with van der Waals surface area (Å²) in [7, 11) is 0. The minimum atomic E-state index is -0.269. The van der Waals surface area contributed by atoms with Crippen LogP contribution < -0.4 is 9.47 Å². The molecule has 21 heavy (non-hydrogen) atoms. The number of hydrogen-bond acceptors (Lipinski definition) is 2. The van der Waals surface area contributed by atoms with Crippen molar-refractivity contribution in [1.29, 1.82) is 0 Å². The molecule has 2 aromatic rings. The number of rotatable bonds is 6. The second kappa shape index (κ2) is 7.80. The van der Waals surface area contributed by atoms with E-state index in [-0.39, 0.29) is 12.4 Å². The minimum Gasteiger partial charge on any atom is -0.490 e. The third kappa shape index (κ3) is 4.45. The number of benzene rings is 2. The summed E-state index contributed by atoms with van der Waals surface area (Å²) in [4.78, 5) is 0. The topological polar surface area (TPSA) is 18.5 Å². The first-order valence-corrected chi connectivity index (χ1v) is 8.44. The van der Waals surface area contributed by atoms with Crippen LogP contribution in [0.1, 0.15) is 18.1 Å². The second-order valence-electron chi connectivity index (χ2n) is 4.39. The lowest BCUT2D eigenvalue weighted by molar-refractivity contribution is 0.267. The van der Waals surface area contributed by atoms with Crippen molar-refractivity contribution in [1.82, 2.24) is 0 Å². The molecule has 0 heterocycles. The van der Waals surface area contributed by atoms with Gasteiger partial charge in [-0.3, -0.25) is 0 Å². The van der Waals surface area contributed by atoms with Crippen molar-refractivity contribution in [2.24, 2.45) is 0 Å². The van der Waals surface area contributed by atoms with Gasteiger partial charge in [0.15, 0.2) is 11.5 Å². The van der Waals surface area contributed by atoms with Gasteiger partial charge in [-0.05, 0) is 58.2 Å². The van der Waals surface area contributed by atoms with E-state index < -0.39 is 0 Å². The Hall–Kier alpha value is -1.07. The van der Waals surface area contributed by atoms with E-state index in [2.05, 4.69) is 31.9 Å². The molecule has 0 radical (unpaired) electrons. The van der Waals surface area contributed by atoms with Crippen molar-refractivity contribution in [3.63, 3.8) is 0 Å². The highest BCUT2D eigenvalue weighted by Crippen LogP contribution is 2.38. The van der Waals surface area contributed by atoms with Crippen LogP contribution in [0, 0.1) is 5.82 Å². The molecule has 0 aliphatic rings. The molecule has 0 spiro atoms. The van der Waals surface area contributed by atoms with E-state index in [1.807, 2.05) is 25.1 Å². The van der Waals surface area contributed by atoms with Gasteiger partial charge in [-0.15, -0.1) is 0 Å². The van der Waals surface area contributed by atoms with E-state index in [1.165, 1.54) is 12.1 Å². The number of hydrogen-bond donors (Lipinski definition) is 0. The maximum absolute atomic E-state index is 13.2. The van der Waals surface area contributed by atoms with Gasteiger partial charge in [-0.1, -0.05) is 28.1 Å². The van der Waals surface area contributed by atoms with Crippen LogP contribution in [0.5, 0.6) is 11.5 Å². The predicted molar refractivity (Wildman–Crippen MR) is 88.7 cm³/mol. The highest BCUT2D eigenvalue weighted by Gasteiger charge is 2.12. The average molecular weight is 418 g/mol. The van der Waals surface area contributed by atoms with Crippen LogP contribution in [0.4, 0.5) is 4.39 Å². The first-order chi connectivity index (χ1) is 10.1. The van der Waals surface area contributed by atoms with Crippen molar-refractivity contribution in [3.05, 3.63) is 57.8 Å². The first-order valence-electron chi connectivity index (χ1n) is 6.52. The summed E-state index contributed by atoms with van der Waals surface area (Å²) in [5, 5.41) is 0.732. The summed E-state index contributed by atoms with van der Waals surface area (Å²) >= 11 is 6.92. The van der Waals surface area contributed by atoms with Crippen molar-refractivity contribution >= 4 is 31.9 Å². The fourth-order valence-corrected chi connectivity index (χ4v) is 2.81. The Bertz CT molecular complexity index is 617. The van der Waals surface area contributed by atoms with Crippen molar-refractivity contribution < 1.29 is 13.9 Å². The molecule has 0 N–H and O–H groups in total. The number of halogens is 3. The molecule has 2 aromatic carbocycles. The standard InChI is InChI=1S/C16H15Br2FO2/c1-2-20-15-8-12(9-17)7-14(18)16(15)21-10-11-4-3-5-13(19)6-11/h3-8H,2,9-10H2,1H3. The molecule has 0 saturated carbocycles. The molecule has 0 aromatic heterocycles. The molecule has 0 aliphatic carbocycles. The molecule has 0 saturated heterocycles. The Kier molecular flexibility index (Phi) is 6.06. The first kappa shape index (κ1) is 16.3. The molecule has 5 heteroatoms. The monoisotopic (exact) mass is 416 g/mol. The lowest BCUT2D eigenvalue weighted by Crippen LogP contribution is -2.01. The van der Waals surface area contributed by atoms with Gasteiger partial charge in [0.05, 0.1) is 11.1 Å². The minimum absolute atomic E-state index is 0.269. The fraction of sp³-hybridized carbons (Fsp3) is 0.250. The van der Waals surface area contributed by atoms with E-state index in [4.69, 9.17) is 9.47 Å². The average Bonchev–Trinajstić information content (AvgIpc) is 2.46. The largest absolute Gasteiger partial charge is 0.490 e. The van der Waals surface area contributed by atoms with Crippen LogP contribution in [0.15, 0.2) is 40.9 Å².